The smallest absolute Gasteiger partial charge is 0.463 e. The Balaban J connectivity index is 4.55. The van der Waals surface area contributed by atoms with Crippen molar-refractivity contribution >= 4 is 33.6 Å². The molecule has 18 heteroatoms. The molecule has 0 aliphatic heterocycles. The molecular formula is C79H136O16P2. The summed E-state index contributed by atoms with van der Waals surface area (Å²) in [6, 6.07) is 0. The van der Waals surface area contributed by atoms with Crippen molar-refractivity contribution in [3.8, 4) is 0 Å². The van der Waals surface area contributed by atoms with Crippen LogP contribution in [0.2, 0.25) is 0 Å². The van der Waals surface area contributed by atoms with Crippen LogP contribution >= 0.6 is 15.6 Å². The highest BCUT2D eigenvalue weighted by molar-refractivity contribution is 7.47. The number of ether oxygens (including phenoxy) is 3. The van der Waals surface area contributed by atoms with E-state index in [4.69, 9.17) is 32.3 Å². The number of aliphatic hydroxyl groups excluding tert-OH is 2. The summed E-state index contributed by atoms with van der Waals surface area (Å²) in [5, 5.41) is 20.6. The first-order chi connectivity index (χ1) is 47.2. The van der Waals surface area contributed by atoms with Crippen molar-refractivity contribution in [2.45, 2.75) is 322 Å². The minimum atomic E-state index is -4.93. The molecule has 0 heterocycles. The molecule has 0 aliphatic carbocycles. The van der Waals surface area contributed by atoms with Crippen molar-refractivity contribution in [1.82, 2.24) is 0 Å². The van der Waals surface area contributed by atoms with Crippen LogP contribution in [0, 0.1) is 0 Å². The van der Waals surface area contributed by atoms with Gasteiger partial charge in [-0.2, -0.15) is 0 Å². The number of carbonyl (C=O) groups is 3. The zero-order valence-electron chi connectivity index (χ0n) is 60.7. The number of phosphoric ester groups is 2. The molecule has 0 aromatic rings. The van der Waals surface area contributed by atoms with Crippen molar-refractivity contribution < 1.29 is 75.8 Å². The minimum Gasteiger partial charge on any atom is -0.463 e. The SMILES string of the molecule is CC/C=C\C/C=C\C/C=C\C/C=C\C/C=C\CCCCCCCCCCCCCC(=O)OCC(O)COP(=O)(O)OCC(O)COP(=O)(O)OCC(COC(=O)CCCCCCC/C=C\C/C=C\C/C=C\C/C=C\CCCCC)OC(=O)CCCCCCC/C=C\CCCCCC. The van der Waals surface area contributed by atoms with Gasteiger partial charge in [0.15, 0.2) is 6.10 Å². The van der Waals surface area contributed by atoms with Gasteiger partial charge in [0.2, 0.25) is 0 Å². The first-order valence-electron chi connectivity index (χ1n) is 37.8. The molecule has 0 aromatic heterocycles. The highest BCUT2D eigenvalue weighted by atomic mass is 31.2. The second-order valence-corrected chi connectivity index (χ2v) is 28.0. The van der Waals surface area contributed by atoms with E-state index in [1.54, 1.807) is 0 Å². The Hall–Kier alpha value is -4.05. The van der Waals surface area contributed by atoms with Crippen LogP contribution < -0.4 is 0 Å². The number of rotatable bonds is 71. The van der Waals surface area contributed by atoms with Crippen LogP contribution in [-0.2, 0) is 55.8 Å². The molecule has 0 aromatic carbocycles. The Bertz CT molecular complexity index is 2250. The van der Waals surface area contributed by atoms with Crippen LogP contribution in [0.5, 0.6) is 0 Å². The number of unbranched alkanes of at least 4 members (excludes halogenated alkanes) is 28. The molecule has 5 atom stereocenters. The molecule has 16 nitrogen and oxygen atoms in total. The maximum absolute atomic E-state index is 12.9. The first kappa shape index (κ1) is 93.0. The molecule has 0 aliphatic rings. The number of hydrogen-bond acceptors (Lipinski definition) is 14. The Labute approximate surface area is 589 Å². The molecule has 0 spiro atoms. The van der Waals surface area contributed by atoms with Gasteiger partial charge in [0.1, 0.15) is 25.4 Å². The van der Waals surface area contributed by atoms with E-state index in [9.17, 15) is 43.5 Å². The van der Waals surface area contributed by atoms with Crippen LogP contribution in [0.15, 0.2) is 122 Å². The predicted molar refractivity (Wildman–Crippen MR) is 399 cm³/mol. The third kappa shape index (κ3) is 73.0. The van der Waals surface area contributed by atoms with E-state index in [-0.39, 0.29) is 19.3 Å². The van der Waals surface area contributed by atoms with Crippen molar-refractivity contribution in [2.24, 2.45) is 0 Å². The molecule has 0 saturated carbocycles. The van der Waals surface area contributed by atoms with Crippen molar-refractivity contribution in [2.75, 3.05) is 39.6 Å². The summed E-state index contributed by atoms with van der Waals surface area (Å²) in [7, 11) is -9.79. The van der Waals surface area contributed by atoms with Gasteiger partial charge in [0.05, 0.1) is 26.4 Å². The first-order valence-corrected chi connectivity index (χ1v) is 40.8. The minimum absolute atomic E-state index is 0.0886. The lowest BCUT2D eigenvalue weighted by Crippen LogP contribution is -2.30. The molecule has 0 rings (SSSR count). The van der Waals surface area contributed by atoms with E-state index in [1.165, 1.54) is 96.3 Å². The van der Waals surface area contributed by atoms with E-state index in [1.807, 2.05) is 0 Å². The normalized spacial score (nSPS) is 14.8. The van der Waals surface area contributed by atoms with Gasteiger partial charge in [0.25, 0.3) is 0 Å². The fraction of sp³-hybridized carbons (Fsp3) is 0.709. The zero-order valence-corrected chi connectivity index (χ0v) is 62.5. The molecule has 0 radical (unpaired) electrons. The van der Waals surface area contributed by atoms with E-state index >= 15 is 0 Å². The third-order valence-electron chi connectivity index (χ3n) is 15.6. The molecular weight excluding hydrogens is 1270 g/mol. The van der Waals surface area contributed by atoms with Gasteiger partial charge in [-0.25, -0.2) is 9.13 Å². The fourth-order valence-electron chi connectivity index (χ4n) is 9.87. The molecule has 0 fully saturated rings. The van der Waals surface area contributed by atoms with E-state index in [2.05, 4.69) is 142 Å². The summed E-state index contributed by atoms with van der Waals surface area (Å²) in [6.45, 7) is 2.49. The van der Waals surface area contributed by atoms with Crippen molar-refractivity contribution in [1.29, 1.82) is 0 Å². The molecule has 0 bridgehead atoms. The summed E-state index contributed by atoms with van der Waals surface area (Å²) in [5.41, 5.74) is 0. The highest BCUT2D eigenvalue weighted by Gasteiger charge is 2.29. The lowest BCUT2D eigenvalue weighted by Gasteiger charge is -2.21. The van der Waals surface area contributed by atoms with Gasteiger partial charge in [0, 0.05) is 19.3 Å². The summed E-state index contributed by atoms with van der Waals surface area (Å²) in [6.07, 6.45) is 83.9. The standard InChI is InChI=1S/C79H136O16P2/c1-4-7-10-13-16-19-22-25-27-29-31-33-34-35-36-37-38-40-42-43-45-48-50-53-56-59-62-65-77(82)89-68-74(80)69-91-96(85,86)92-70-75(81)71-93-97(87,88)94-73-76(95-79(84)67-64-61-58-55-52-47-24-21-18-15-12-9-6-3)72-90-78(83)66-63-60-57-54-51-49-46-44-41-39-32-30-28-26-23-20-17-14-11-8-5-2/h7,10,16-17,19-21,24-28,31-33,35-36,39,44,46,74-76,80-81H,4-6,8-9,11-15,18,22-23,29-30,34,37-38,40-43,45,47-73H2,1-3H3,(H,85,86)(H,87,88)/b10-7-,19-16-,20-17-,24-21-,27-25-,28-26-,33-31-,36-35-,39-32-,46-44-. The molecule has 5 unspecified atom stereocenters. The van der Waals surface area contributed by atoms with Gasteiger partial charge in [-0.15, -0.1) is 0 Å². The van der Waals surface area contributed by atoms with Crippen LogP contribution in [0.4, 0.5) is 0 Å². The number of esters is 3. The topological polar surface area (TPSA) is 231 Å². The Morgan fingerprint density at radius 1 is 0.299 bits per heavy atom. The molecule has 97 heavy (non-hydrogen) atoms. The molecule has 0 amide bonds. The summed E-state index contributed by atoms with van der Waals surface area (Å²) in [4.78, 5) is 58.5. The van der Waals surface area contributed by atoms with Gasteiger partial charge in [-0.1, -0.05) is 271 Å². The molecule has 558 valence electrons. The highest BCUT2D eigenvalue weighted by Crippen LogP contribution is 2.45. The Morgan fingerprint density at radius 2 is 0.546 bits per heavy atom. The maximum atomic E-state index is 12.9. The van der Waals surface area contributed by atoms with Gasteiger partial charge >= 0.3 is 33.6 Å². The average Bonchev–Trinajstić information content (AvgIpc) is 1.63. The summed E-state index contributed by atoms with van der Waals surface area (Å²) >= 11 is 0. The van der Waals surface area contributed by atoms with Crippen LogP contribution in [-0.4, -0.2) is 95.9 Å². The predicted octanol–water partition coefficient (Wildman–Crippen LogP) is 21.8. The van der Waals surface area contributed by atoms with Gasteiger partial charge < -0.3 is 34.2 Å². The van der Waals surface area contributed by atoms with Crippen LogP contribution in [0.3, 0.4) is 0 Å². The van der Waals surface area contributed by atoms with E-state index < -0.39 is 91.5 Å². The molecule has 4 N–H and O–H groups in total. The van der Waals surface area contributed by atoms with Gasteiger partial charge in [-0.05, 0) is 135 Å². The quantitative estimate of drug-likeness (QED) is 0.0146. The Morgan fingerprint density at radius 3 is 0.897 bits per heavy atom. The van der Waals surface area contributed by atoms with E-state index in [0.29, 0.717) is 19.3 Å². The fourth-order valence-corrected chi connectivity index (χ4v) is 11.5. The number of phosphoric acid groups is 2. The number of allylic oxidation sites excluding steroid dienone is 20. The second-order valence-electron chi connectivity index (χ2n) is 25.1. The second kappa shape index (κ2) is 71.8. The monoisotopic (exact) mass is 1400 g/mol. The number of aliphatic hydroxyl groups is 2. The third-order valence-corrected chi connectivity index (χ3v) is 17.5. The molecule has 0 saturated heterocycles. The lowest BCUT2D eigenvalue weighted by atomic mass is 10.0. The number of hydrogen-bond donors (Lipinski definition) is 4. The zero-order chi connectivity index (χ0) is 70.9. The average molecular weight is 1400 g/mol. The number of carbonyl (C=O) groups excluding carboxylic acids is 3. The maximum Gasteiger partial charge on any atom is 0.472 e. The van der Waals surface area contributed by atoms with Crippen molar-refractivity contribution in [3.63, 3.8) is 0 Å². The largest absolute Gasteiger partial charge is 0.472 e. The van der Waals surface area contributed by atoms with Gasteiger partial charge in [-0.3, -0.25) is 32.5 Å². The van der Waals surface area contributed by atoms with Crippen molar-refractivity contribution in [3.05, 3.63) is 122 Å². The summed E-state index contributed by atoms with van der Waals surface area (Å²) in [5.74, 6) is -1.61. The Kier molecular flexibility index (Phi) is 68.8. The van der Waals surface area contributed by atoms with E-state index in [0.717, 1.165) is 148 Å². The van der Waals surface area contributed by atoms with Crippen LogP contribution in [0.1, 0.15) is 303 Å². The van der Waals surface area contributed by atoms with Crippen LogP contribution in [0.25, 0.3) is 0 Å². The summed E-state index contributed by atoms with van der Waals surface area (Å²) < 4.78 is 61.0. The lowest BCUT2D eigenvalue weighted by molar-refractivity contribution is -0.161.